The van der Waals surface area contributed by atoms with Gasteiger partial charge in [0.15, 0.2) is 0 Å². The number of esters is 1. The average molecular weight is 243 g/mol. The number of carbonyl (C=O) groups excluding carboxylic acids is 2. The minimum absolute atomic E-state index is 0.0643. The van der Waals surface area contributed by atoms with Gasteiger partial charge in [-0.25, -0.2) is 4.79 Å². The first-order valence-corrected chi connectivity index (χ1v) is 6.37. The van der Waals surface area contributed by atoms with Crippen molar-refractivity contribution in [2.45, 2.75) is 53.5 Å². The van der Waals surface area contributed by atoms with Crippen LogP contribution in [-0.2, 0) is 14.3 Å². The summed E-state index contributed by atoms with van der Waals surface area (Å²) < 4.78 is 5.05. The van der Waals surface area contributed by atoms with E-state index >= 15 is 0 Å². The van der Waals surface area contributed by atoms with Crippen molar-refractivity contribution >= 4 is 11.9 Å². The lowest BCUT2D eigenvalue weighted by Crippen LogP contribution is -2.46. The monoisotopic (exact) mass is 243 g/mol. The summed E-state index contributed by atoms with van der Waals surface area (Å²) in [4.78, 5) is 25.1. The van der Waals surface area contributed by atoms with Gasteiger partial charge in [-0.1, -0.05) is 20.8 Å². The highest BCUT2D eigenvalue weighted by Gasteiger charge is 2.29. The van der Waals surface area contributed by atoms with Gasteiger partial charge in [0.2, 0.25) is 5.91 Å². The molecule has 1 atom stereocenters. The molecule has 0 rings (SSSR count). The normalized spacial score (nSPS) is 12.4. The number of carbonyl (C=O) groups is 2. The Morgan fingerprint density at radius 3 is 2.18 bits per heavy atom. The third kappa shape index (κ3) is 5.71. The molecule has 0 aliphatic heterocycles. The molecule has 0 saturated carbocycles. The van der Waals surface area contributed by atoms with Gasteiger partial charge in [0.1, 0.15) is 6.04 Å². The van der Waals surface area contributed by atoms with Crippen LogP contribution in [0.15, 0.2) is 0 Å². The Morgan fingerprint density at radius 1 is 1.24 bits per heavy atom. The summed E-state index contributed by atoms with van der Waals surface area (Å²) in [7, 11) is 0. The molecule has 0 saturated heterocycles. The first-order chi connectivity index (χ1) is 7.93. The zero-order valence-electron chi connectivity index (χ0n) is 11.7. The van der Waals surface area contributed by atoms with Crippen molar-refractivity contribution in [1.82, 2.24) is 4.90 Å². The van der Waals surface area contributed by atoms with Crippen LogP contribution in [0.2, 0.25) is 0 Å². The maximum absolute atomic E-state index is 11.9. The molecule has 4 heteroatoms. The highest BCUT2D eigenvalue weighted by atomic mass is 16.5. The summed E-state index contributed by atoms with van der Waals surface area (Å²) in [5.41, 5.74) is 0. The van der Waals surface area contributed by atoms with E-state index in [1.54, 1.807) is 11.8 Å². The van der Waals surface area contributed by atoms with Crippen molar-refractivity contribution in [2.75, 3.05) is 13.2 Å². The van der Waals surface area contributed by atoms with Crippen molar-refractivity contribution in [2.24, 2.45) is 5.92 Å². The minimum atomic E-state index is -0.438. The van der Waals surface area contributed by atoms with Gasteiger partial charge in [-0.15, -0.1) is 0 Å². The first-order valence-electron chi connectivity index (χ1n) is 6.37. The largest absolute Gasteiger partial charge is 0.464 e. The predicted octanol–water partition coefficient (Wildman–Crippen LogP) is 2.22. The molecule has 0 N–H and O–H groups in total. The highest BCUT2D eigenvalue weighted by Crippen LogP contribution is 2.14. The van der Waals surface area contributed by atoms with Gasteiger partial charge >= 0.3 is 5.97 Å². The highest BCUT2D eigenvalue weighted by molar-refractivity contribution is 5.83. The molecule has 100 valence electrons. The molecule has 4 nitrogen and oxygen atoms in total. The van der Waals surface area contributed by atoms with E-state index in [0.717, 1.165) is 6.42 Å². The van der Waals surface area contributed by atoms with Crippen molar-refractivity contribution in [1.29, 1.82) is 0 Å². The van der Waals surface area contributed by atoms with E-state index in [-0.39, 0.29) is 11.9 Å². The zero-order chi connectivity index (χ0) is 13.4. The van der Waals surface area contributed by atoms with Crippen LogP contribution < -0.4 is 0 Å². The molecule has 0 aromatic carbocycles. The second kappa shape index (κ2) is 8.09. The Hall–Kier alpha value is -1.06. The molecule has 0 aromatic heterocycles. The Balaban J connectivity index is 4.83. The van der Waals surface area contributed by atoms with Crippen molar-refractivity contribution < 1.29 is 14.3 Å². The second-order valence-corrected chi connectivity index (χ2v) is 4.61. The van der Waals surface area contributed by atoms with Gasteiger partial charge in [-0.3, -0.25) is 4.79 Å². The van der Waals surface area contributed by atoms with E-state index in [1.807, 2.05) is 20.8 Å². The van der Waals surface area contributed by atoms with Gasteiger partial charge < -0.3 is 9.64 Å². The van der Waals surface area contributed by atoms with Crippen LogP contribution in [-0.4, -0.2) is 36.0 Å². The first kappa shape index (κ1) is 15.9. The number of rotatable bonds is 7. The van der Waals surface area contributed by atoms with E-state index in [0.29, 0.717) is 25.5 Å². The van der Waals surface area contributed by atoms with Gasteiger partial charge in [-0.05, 0) is 25.7 Å². The fraction of sp³-hybridized carbons (Fsp3) is 0.846. The lowest BCUT2D eigenvalue weighted by Gasteiger charge is -2.30. The SMILES string of the molecule is CCCN(C(C)=O)[C@@H](CC(C)C)C(=O)OCC. The quantitative estimate of drug-likeness (QED) is 0.644. The van der Waals surface area contributed by atoms with Crippen molar-refractivity contribution in [3.05, 3.63) is 0 Å². The van der Waals surface area contributed by atoms with Gasteiger partial charge in [0.05, 0.1) is 6.61 Å². The van der Waals surface area contributed by atoms with E-state index in [9.17, 15) is 9.59 Å². The van der Waals surface area contributed by atoms with E-state index in [4.69, 9.17) is 4.74 Å². The van der Waals surface area contributed by atoms with E-state index < -0.39 is 6.04 Å². The summed E-state index contributed by atoms with van der Waals surface area (Å²) in [6, 6.07) is -0.438. The van der Waals surface area contributed by atoms with Crippen LogP contribution in [0, 0.1) is 5.92 Å². The molecule has 1 amide bonds. The molecule has 0 unspecified atom stereocenters. The fourth-order valence-electron chi connectivity index (χ4n) is 1.81. The van der Waals surface area contributed by atoms with Crippen LogP contribution in [0.3, 0.4) is 0 Å². The molecule has 17 heavy (non-hydrogen) atoms. The second-order valence-electron chi connectivity index (χ2n) is 4.61. The van der Waals surface area contributed by atoms with Crippen molar-refractivity contribution in [3.63, 3.8) is 0 Å². The molecule has 0 aromatic rings. The molecular formula is C13H25NO3. The summed E-state index contributed by atoms with van der Waals surface area (Å²) in [5.74, 6) is -0.00137. The van der Waals surface area contributed by atoms with Gasteiger partial charge in [-0.2, -0.15) is 0 Å². The third-order valence-electron chi connectivity index (χ3n) is 2.50. The number of ether oxygens (including phenoxy) is 1. The lowest BCUT2D eigenvalue weighted by molar-refractivity contribution is -0.155. The molecule has 0 aliphatic carbocycles. The standard InChI is InChI=1S/C13H25NO3/c1-6-8-14(11(5)15)12(9-10(3)4)13(16)17-7-2/h10,12H,6-9H2,1-5H3/t12-/m0/s1. The Bertz CT molecular complexity index is 251. The number of nitrogens with zero attached hydrogens (tertiary/aromatic N) is 1. The number of hydrogen-bond acceptors (Lipinski definition) is 3. The molecule has 0 heterocycles. The summed E-state index contributed by atoms with van der Waals surface area (Å²) >= 11 is 0. The van der Waals surface area contributed by atoms with Crippen LogP contribution in [0.1, 0.15) is 47.5 Å². The summed E-state index contributed by atoms with van der Waals surface area (Å²) in [6.45, 7) is 10.3. The number of amides is 1. The maximum atomic E-state index is 11.9. The van der Waals surface area contributed by atoms with Crippen LogP contribution in [0.4, 0.5) is 0 Å². The van der Waals surface area contributed by atoms with Crippen LogP contribution in [0.5, 0.6) is 0 Å². The van der Waals surface area contributed by atoms with Gasteiger partial charge in [0.25, 0.3) is 0 Å². The molecular weight excluding hydrogens is 218 g/mol. The molecule has 0 fully saturated rings. The van der Waals surface area contributed by atoms with Crippen LogP contribution in [0.25, 0.3) is 0 Å². The Morgan fingerprint density at radius 2 is 1.82 bits per heavy atom. The Labute approximate surface area is 104 Å². The molecule has 0 radical (unpaired) electrons. The van der Waals surface area contributed by atoms with Crippen LogP contribution >= 0.6 is 0 Å². The molecule has 0 bridgehead atoms. The number of hydrogen-bond donors (Lipinski definition) is 0. The van der Waals surface area contributed by atoms with Crippen molar-refractivity contribution in [3.8, 4) is 0 Å². The summed E-state index contributed by atoms with van der Waals surface area (Å²) in [5, 5.41) is 0. The Kier molecular flexibility index (Phi) is 7.59. The minimum Gasteiger partial charge on any atom is -0.464 e. The smallest absolute Gasteiger partial charge is 0.328 e. The average Bonchev–Trinajstić information content (AvgIpc) is 2.22. The predicted molar refractivity (Wildman–Crippen MR) is 67.6 cm³/mol. The molecule has 0 aliphatic rings. The zero-order valence-corrected chi connectivity index (χ0v) is 11.7. The topological polar surface area (TPSA) is 46.6 Å². The third-order valence-corrected chi connectivity index (χ3v) is 2.50. The lowest BCUT2D eigenvalue weighted by atomic mass is 10.0. The summed E-state index contributed by atoms with van der Waals surface area (Å²) in [6.07, 6.45) is 1.49. The molecule has 0 spiro atoms. The van der Waals surface area contributed by atoms with E-state index in [2.05, 4.69) is 0 Å². The fourth-order valence-corrected chi connectivity index (χ4v) is 1.81. The van der Waals surface area contributed by atoms with Gasteiger partial charge in [0, 0.05) is 13.5 Å². The van der Waals surface area contributed by atoms with E-state index in [1.165, 1.54) is 6.92 Å². The maximum Gasteiger partial charge on any atom is 0.328 e.